The first-order chi connectivity index (χ1) is 4.21. The topological polar surface area (TPSA) is 0 Å². The highest BCUT2D eigenvalue weighted by atomic mass is 32.1. The van der Waals surface area contributed by atoms with Crippen LogP contribution in [0.4, 0.5) is 8.78 Å². The molecular formula is C6H10F2S. The van der Waals surface area contributed by atoms with E-state index in [0.29, 0.717) is 18.6 Å². The molecule has 1 aliphatic rings. The van der Waals surface area contributed by atoms with E-state index in [0.717, 1.165) is 6.42 Å². The molecule has 0 N–H and O–H groups in total. The van der Waals surface area contributed by atoms with E-state index in [1.54, 1.807) is 0 Å². The molecule has 0 atom stereocenters. The van der Waals surface area contributed by atoms with Gasteiger partial charge in [0.15, 0.2) is 0 Å². The van der Waals surface area contributed by atoms with Crippen LogP contribution in [-0.4, -0.2) is 12.2 Å². The van der Waals surface area contributed by atoms with Crippen molar-refractivity contribution in [2.24, 2.45) is 5.41 Å². The van der Waals surface area contributed by atoms with Crippen molar-refractivity contribution >= 4 is 12.6 Å². The Labute approximate surface area is 59.0 Å². The molecule has 0 unspecified atom stereocenters. The van der Waals surface area contributed by atoms with E-state index in [2.05, 4.69) is 12.6 Å². The summed E-state index contributed by atoms with van der Waals surface area (Å²) in [5, 5.41) is 0. The van der Waals surface area contributed by atoms with Crippen LogP contribution in [-0.2, 0) is 0 Å². The third-order valence-corrected chi connectivity index (χ3v) is 2.76. The molecule has 0 bridgehead atoms. The number of thiol groups is 1. The minimum absolute atomic E-state index is 0.338. The predicted molar refractivity (Wildman–Crippen MR) is 36.1 cm³/mol. The molecule has 0 heterocycles. The summed E-state index contributed by atoms with van der Waals surface area (Å²) in [6, 6.07) is 0. The van der Waals surface area contributed by atoms with Gasteiger partial charge in [0.05, 0.1) is 0 Å². The second kappa shape index (κ2) is 2.45. The van der Waals surface area contributed by atoms with Gasteiger partial charge >= 0.3 is 0 Å². The Morgan fingerprint density at radius 2 is 2.00 bits per heavy atom. The van der Waals surface area contributed by atoms with Gasteiger partial charge in [-0.15, -0.1) is 0 Å². The lowest BCUT2D eigenvalue weighted by atomic mass is 9.70. The summed E-state index contributed by atoms with van der Waals surface area (Å²) in [5.41, 5.74) is -0.705. The molecule has 1 fully saturated rings. The maximum absolute atomic E-state index is 12.1. The first kappa shape index (κ1) is 7.32. The Hall–Kier alpha value is 0.210. The van der Waals surface area contributed by atoms with Gasteiger partial charge in [-0.1, -0.05) is 6.42 Å². The zero-order valence-corrected chi connectivity index (χ0v) is 6.00. The average molecular weight is 152 g/mol. The Kier molecular flexibility index (Phi) is 1.99. The second-order valence-electron chi connectivity index (χ2n) is 2.67. The number of hydrogen-bond acceptors (Lipinski definition) is 1. The summed E-state index contributed by atoms with van der Waals surface area (Å²) in [5.74, 6) is 0.338. The molecule has 0 amide bonds. The van der Waals surface area contributed by atoms with Crippen LogP contribution in [0.3, 0.4) is 0 Å². The van der Waals surface area contributed by atoms with E-state index in [1.165, 1.54) is 0 Å². The van der Waals surface area contributed by atoms with Gasteiger partial charge in [-0.05, 0) is 12.8 Å². The Bertz CT molecular complexity index is 93.7. The molecule has 0 aromatic heterocycles. The summed E-state index contributed by atoms with van der Waals surface area (Å²) in [7, 11) is 0. The lowest BCUT2D eigenvalue weighted by Crippen LogP contribution is -2.38. The second-order valence-corrected chi connectivity index (χ2v) is 2.99. The van der Waals surface area contributed by atoms with Gasteiger partial charge in [0.1, 0.15) is 0 Å². The minimum atomic E-state index is -2.16. The molecule has 0 aromatic carbocycles. The largest absolute Gasteiger partial charge is 0.244 e. The Balaban J connectivity index is 2.46. The number of alkyl halides is 2. The standard InChI is InChI=1S/C6H10F2S/c7-5(8)6(4-9)2-1-3-6/h5,9H,1-4H2. The van der Waals surface area contributed by atoms with Crippen molar-refractivity contribution in [1.29, 1.82) is 0 Å². The fraction of sp³-hybridized carbons (Fsp3) is 1.00. The Morgan fingerprint density at radius 1 is 1.44 bits per heavy atom. The van der Waals surface area contributed by atoms with E-state index in [4.69, 9.17) is 0 Å². The van der Waals surface area contributed by atoms with Crippen LogP contribution in [0.5, 0.6) is 0 Å². The van der Waals surface area contributed by atoms with Crippen LogP contribution in [0.1, 0.15) is 19.3 Å². The van der Waals surface area contributed by atoms with E-state index in [9.17, 15) is 8.78 Å². The Morgan fingerprint density at radius 3 is 2.00 bits per heavy atom. The monoisotopic (exact) mass is 152 g/mol. The maximum Gasteiger partial charge on any atom is 0.244 e. The first-order valence-corrected chi connectivity index (χ1v) is 3.73. The number of hydrogen-bond donors (Lipinski definition) is 1. The van der Waals surface area contributed by atoms with Crippen LogP contribution in [0.2, 0.25) is 0 Å². The van der Waals surface area contributed by atoms with Crippen molar-refractivity contribution in [3.63, 3.8) is 0 Å². The SMILES string of the molecule is FC(F)C1(CS)CCC1. The molecular weight excluding hydrogens is 142 g/mol. The zero-order valence-electron chi connectivity index (χ0n) is 5.11. The highest BCUT2D eigenvalue weighted by molar-refractivity contribution is 7.80. The normalized spacial score (nSPS) is 24.0. The quantitative estimate of drug-likeness (QED) is 0.577. The lowest BCUT2D eigenvalue weighted by molar-refractivity contribution is -0.0418. The van der Waals surface area contributed by atoms with Crippen molar-refractivity contribution in [2.75, 3.05) is 5.75 Å². The minimum Gasteiger partial charge on any atom is -0.210 e. The van der Waals surface area contributed by atoms with Crippen LogP contribution in [0, 0.1) is 5.41 Å². The van der Waals surface area contributed by atoms with Crippen LogP contribution < -0.4 is 0 Å². The van der Waals surface area contributed by atoms with E-state index < -0.39 is 11.8 Å². The van der Waals surface area contributed by atoms with E-state index in [-0.39, 0.29) is 0 Å². The molecule has 1 rings (SSSR count). The van der Waals surface area contributed by atoms with Crippen LogP contribution >= 0.6 is 12.6 Å². The van der Waals surface area contributed by atoms with Gasteiger partial charge in [0.25, 0.3) is 0 Å². The van der Waals surface area contributed by atoms with Crippen molar-refractivity contribution < 1.29 is 8.78 Å². The maximum atomic E-state index is 12.1. The number of rotatable bonds is 2. The molecule has 1 aliphatic carbocycles. The van der Waals surface area contributed by atoms with Gasteiger partial charge in [-0.25, -0.2) is 8.78 Å². The summed E-state index contributed by atoms with van der Waals surface area (Å²) in [6.07, 6.45) is 0.108. The van der Waals surface area contributed by atoms with Gasteiger partial charge in [0.2, 0.25) is 6.43 Å². The molecule has 9 heavy (non-hydrogen) atoms. The molecule has 0 aliphatic heterocycles. The molecule has 0 aromatic rings. The third kappa shape index (κ3) is 1.07. The van der Waals surface area contributed by atoms with E-state index in [1.807, 2.05) is 0 Å². The predicted octanol–water partition coefficient (Wildman–Crippen LogP) is 2.35. The molecule has 0 spiro atoms. The summed E-state index contributed by atoms with van der Waals surface area (Å²) >= 11 is 3.89. The molecule has 0 saturated heterocycles. The van der Waals surface area contributed by atoms with Gasteiger partial charge in [-0.2, -0.15) is 12.6 Å². The summed E-state index contributed by atoms with van der Waals surface area (Å²) < 4.78 is 24.2. The highest BCUT2D eigenvalue weighted by Crippen LogP contribution is 2.46. The summed E-state index contributed by atoms with van der Waals surface area (Å²) in [4.78, 5) is 0. The highest BCUT2D eigenvalue weighted by Gasteiger charge is 2.43. The van der Waals surface area contributed by atoms with Crippen molar-refractivity contribution in [1.82, 2.24) is 0 Å². The van der Waals surface area contributed by atoms with Gasteiger partial charge in [0, 0.05) is 11.2 Å². The molecule has 0 radical (unpaired) electrons. The van der Waals surface area contributed by atoms with Crippen molar-refractivity contribution in [2.45, 2.75) is 25.7 Å². The fourth-order valence-corrected chi connectivity index (χ4v) is 1.53. The van der Waals surface area contributed by atoms with Crippen LogP contribution in [0.15, 0.2) is 0 Å². The van der Waals surface area contributed by atoms with Crippen LogP contribution in [0.25, 0.3) is 0 Å². The van der Waals surface area contributed by atoms with Gasteiger partial charge in [-0.3, -0.25) is 0 Å². The van der Waals surface area contributed by atoms with Crippen molar-refractivity contribution in [3.8, 4) is 0 Å². The van der Waals surface area contributed by atoms with Crippen molar-refractivity contribution in [3.05, 3.63) is 0 Å². The molecule has 1 saturated carbocycles. The first-order valence-electron chi connectivity index (χ1n) is 3.10. The van der Waals surface area contributed by atoms with Gasteiger partial charge < -0.3 is 0 Å². The van der Waals surface area contributed by atoms with E-state index >= 15 is 0 Å². The smallest absolute Gasteiger partial charge is 0.210 e. The lowest BCUT2D eigenvalue weighted by Gasteiger charge is -2.39. The average Bonchev–Trinajstić information content (AvgIpc) is 1.62. The molecule has 0 nitrogen and oxygen atoms in total. The fourth-order valence-electron chi connectivity index (χ4n) is 1.08. The summed E-state index contributed by atoms with van der Waals surface area (Å²) in [6.45, 7) is 0. The molecule has 54 valence electrons. The molecule has 3 heteroatoms. The zero-order chi connectivity index (χ0) is 6.91. The number of halogens is 2. The third-order valence-electron chi connectivity index (χ3n) is 2.13.